The molecule has 1 aromatic rings. The highest BCUT2D eigenvalue weighted by Gasteiger charge is 2.32. The summed E-state index contributed by atoms with van der Waals surface area (Å²) in [6.07, 6.45) is 1.23. The second-order valence-electron chi connectivity index (χ2n) is 5.97. The van der Waals surface area contributed by atoms with Crippen molar-refractivity contribution in [1.82, 2.24) is 9.62 Å². The van der Waals surface area contributed by atoms with Gasteiger partial charge in [0, 0.05) is 26.1 Å². The van der Waals surface area contributed by atoms with Gasteiger partial charge in [-0.05, 0) is 49.9 Å². The fraction of sp³-hybridized carbons (Fsp3) is 0.562. The Morgan fingerprint density at radius 2 is 1.78 bits per heavy atom. The van der Waals surface area contributed by atoms with Crippen LogP contribution < -0.4 is 10.1 Å². The average molecular weight is 340 g/mol. The van der Waals surface area contributed by atoms with Gasteiger partial charge >= 0.3 is 0 Å². The van der Waals surface area contributed by atoms with Crippen LogP contribution in [0.2, 0.25) is 0 Å². The van der Waals surface area contributed by atoms with Gasteiger partial charge in [-0.15, -0.1) is 0 Å². The summed E-state index contributed by atoms with van der Waals surface area (Å²) >= 11 is 0. The molecule has 1 amide bonds. The number of nitrogens with zero attached hydrogens (tertiary/aromatic N) is 1. The molecule has 0 bridgehead atoms. The molecule has 0 saturated carbocycles. The van der Waals surface area contributed by atoms with Crippen molar-refractivity contribution in [3.63, 3.8) is 0 Å². The molecule has 1 aromatic carbocycles. The number of sulfonamides is 1. The molecule has 1 aliphatic heterocycles. The lowest BCUT2D eigenvalue weighted by atomic mass is 10.1. The van der Waals surface area contributed by atoms with Gasteiger partial charge in [-0.25, -0.2) is 8.42 Å². The number of carbonyl (C=O) groups excluding carboxylic acids is 1. The van der Waals surface area contributed by atoms with E-state index in [0.717, 1.165) is 11.1 Å². The van der Waals surface area contributed by atoms with E-state index >= 15 is 0 Å². The molecule has 0 aliphatic carbocycles. The van der Waals surface area contributed by atoms with E-state index in [4.69, 9.17) is 4.74 Å². The molecule has 0 aromatic heterocycles. The third-order valence-electron chi connectivity index (χ3n) is 4.26. The Morgan fingerprint density at radius 1 is 1.22 bits per heavy atom. The van der Waals surface area contributed by atoms with Crippen LogP contribution in [0.3, 0.4) is 0 Å². The average Bonchev–Trinajstić information content (AvgIpc) is 2.49. The number of nitrogens with one attached hydrogen (secondary N) is 1. The zero-order valence-electron chi connectivity index (χ0n) is 14.0. The summed E-state index contributed by atoms with van der Waals surface area (Å²) in [5.74, 6) is 0.291. The van der Waals surface area contributed by atoms with Gasteiger partial charge in [0.25, 0.3) is 0 Å². The monoisotopic (exact) mass is 340 g/mol. The molecule has 23 heavy (non-hydrogen) atoms. The smallest absolute Gasteiger partial charge is 0.246 e. The molecule has 128 valence electrons. The van der Waals surface area contributed by atoms with E-state index in [1.165, 1.54) is 18.3 Å². The number of piperidine rings is 1. The number of rotatable bonds is 4. The van der Waals surface area contributed by atoms with Crippen LogP contribution in [-0.2, 0) is 14.8 Å². The van der Waals surface area contributed by atoms with Gasteiger partial charge in [-0.2, -0.15) is 4.31 Å². The van der Waals surface area contributed by atoms with E-state index in [-0.39, 0.29) is 16.8 Å². The van der Waals surface area contributed by atoms with Crippen molar-refractivity contribution in [3.8, 4) is 5.75 Å². The van der Waals surface area contributed by atoms with Gasteiger partial charge < -0.3 is 10.1 Å². The van der Waals surface area contributed by atoms with Crippen molar-refractivity contribution in [2.45, 2.75) is 44.6 Å². The molecular formula is C16H24N2O4S. The van der Waals surface area contributed by atoms with E-state index < -0.39 is 10.0 Å². The van der Waals surface area contributed by atoms with Crippen molar-refractivity contribution in [3.05, 3.63) is 23.3 Å². The molecule has 1 N–H and O–H groups in total. The quantitative estimate of drug-likeness (QED) is 0.903. The number of hydrogen-bond donors (Lipinski definition) is 1. The molecule has 1 saturated heterocycles. The number of benzene rings is 1. The minimum atomic E-state index is -3.60. The van der Waals surface area contributed by atoms with E-state index in [2.05, 4.69) is 5.32 Å². The zero-order chi connectivity index (χ0) is 17.2. The van der Waals surface area contributed by atoms with Crippen molar-refractivity contribution in [2.24, 2.45) is 0 Å². The number of methoxy groups -OCH3 is 1. The van der Waals surface area contributed by atoms with Crippen LogP contribution in [0, 0.1) is 13.8 Å². The Kier molecular flexibility index (Phi) is 5.31. The van der Waals surface area contributed by atoms with Crippen molar-refractivity contribution in [1.29, 1.82) is 0 Å². The minimum absolute atomic E-state index is 0.0422. The van der Waals surface area contributed by atoms with Gasteiger partial charge in [0.1, 0.15) is 10.6 Å². The third kappa shape index (κ3) is 3.84. The van der Waals surface area contributed by atoms with Gasteiger partial charge in [-0.1, -0.05) is 0 Å². The summed E-state index contributed by atoms with van der Waals surface area (Å²) in [6, 6.07) is 3.47. The number of carbonyl (C=O) groups is 1. The molecule has 0 unspecified atom stereocenters. The Hall–Kier alpha value is -1.60. The standard InChI is InChI=1S/C16H24N2O4S/c1-11-9-15(22-4)16(10-12(11)2)23(20,21)18-7-5-14(6-8-18)17-13(3)19/h9-10,14H,5-8H2,1-4H3,(H,17,19). The first-order chi connectivity index (χ1) is 10.8. The molecule has 1 aliphatic rings. The van der Waals surface area contributed by atoms with Crippen LogP contribution in [0.4, 0.5) is 0 Å². The van der Waals surface area contributed by atoms with Crippen LogP contribution in [0.5, 0.6) is 5.75 Å². The highest BCUT2D eigenvalue weighted by atomic mass is 32.2. The lowest BCUT2D eigenvalue weighted by molar-refractivity contribution is -0.119. The van der Waals surface area contributed by atoms with Crippen molar-refractivity contribution in [2.75, 3.05) is 20.2 Å². The maximum absolute atomic E-state index is 12.9. The summed E-state index contributed by atoms with van der Waals surface area (Å²) in [5, 5.41) is 2.85. The first-order valence-electron chi connectivity index (χ1n) is 7.68. The maximum atomic E-state index is 12.9. The van der Waals surface area contributed by atoms with Crippen molar-refractivity contribution >= 4 is 15.9 Å². The first-order valence-corrected chi connectivity index (χ1v) is 9.12. The normalized spacial score (nSPS) is 17.0. The largest absolute Gasteiger partial charge is 0.495 e. The highest BCUT2D eigenvalue weighted by molar-refractivity contribution is 7.89. The Balaban J connectivity index is 2.23. The number of aryl methyl sites for hydroxylation is 2. The van der Waals surface area contributed by atoms with Crippen LogP contribution in [0.25, 0.3) is 0 Å². The summed E-state index contributed by atoms with van der Waals surface area (Å²) in [5.41, 5.74) is 1.91. The molecular weight excluding hydrogens is 316 g/mol. The summed E-state index contributed by atoms with van der Waals surface area (Å²) in [7, 11) is -2.12. The number of ether oxygens (including phenoxy) is 1. The molecule has 7 heteroatoms. The fourth-order valence-electron chi connectivity index (χ4n) is 2.79. The van der Waals surface area contributed by atoms with Crippen LogP contribution in [0.1, 0.15) is 30.9 Å². The van der Waals surface area contributed by atoms with E-state index in [1.54, 1.807) is 12.1 Å². The molecule has 0 atom stereocenters. The first kappa shape index (κ1) is 17.7. The third-order valence-corrected chi connectivity index (χ3v) is 6.18. The predicted octanol–water partition coefficient (Wildman–Crippen LogP) is 1.60. The second-order valence-corrected chi connectivity index (χ2v) is 7.87. The summed E-state index contributed by atoms with van der Waals surface area (Å²) in [6.45, 7) is 6.07. The molecule has 1 fully saturated rings. The Labute approximate surface area is 137 Å². The minimum Gasteiger partial charge on any atom is -0.495 e. The zero-order valence-corrected chi connectivity index (χ0v) is 14.9. The van der Waals surface area contributed by atoms with E-state index in [9.17, 15) is 13.2 Å². The van der Waals surface area contributed by atoms with Gasteiger partial charge in [0.05, 0.1) is 7.11 Å². The van der Waals surface area contributed by atoms with Crippen LogP contribution >= 0.6 is 0 Å². The van der Waals surface area contributed by atoms with Gasteiger partial charge in [-0.3, -0.25) is 4.79 Å². The second kappa shape index (κ2) is 6.88. The Bertz CT molecular complexity index is 692. The molecule has 0 spiro atoms. The topological polar surface area (TPSA) is 75.7 Å². The molecule has 1 heterocycles. The predicted molar refractivity (Wildman–Crippen MR) is 88.1 cm³/mol. The highest BCUT2D eigenvalue weighted by Crippen LogP contribution is 2.31. The summed E-state index contributed by atoms with van der Waals surface area (Å²) in [4.78, 5) is 11.3. The lowest BCUT2D eigenvalue weighted by Gasteiger charge is -2.31. The SMILES string of the molecule is COc1cc(C)c(C)cc1S(=O)(=O)N1CCC(NC(C)=O)CC1. The lowest BCUT2D eigenvalue weighted by Crippen LogP contribution is -2.46. The van der Waals surface area contributed by atoms with E-state index in [1.807, 2.05) is 13.8 Å². The summed E-state index contributed by atoms with van der Waals surface area (Å²) < 4.78 is 32.6. The van der Waals surface area contributed by atoms with Gasteiger partial charge in [0.2, 0.25) is 15.9 Å². The number of amides is 1. The fourth-order valence-corrected chi connectivity index (χ4v) is 4.48. The molecule has 2 rings (SSSR count). The van der Waals surface area contributed by atoms with Crippen LogP contribution in [-0.4, -0.2) is 44.9 Å². The van der Waals surface area contributed by atoms with Crippen LogP contribution in [0.15, 0.2) is 17.0 Å². The molecule has 6 nitrogen and oxygen atoms in total. The Morgan fingerprint density at radius 3 is 2.30 bits per heavy atom. The molecule has 0 radical (unpaired) electrons. The number of hydrogen-bond acceptors (Lipinski definition) is 4. The van der Waals surface area contributed by atoms with E-state index in [0.29, 0.717) is 31.7 Å². The van der Waals surface area contributed by atoms with Gasteiger partial charge in [0.15, 0.2) is 0 Å². The maximum Gasteiger partial charge on any atom is 0.246 e. The van der Waals surface area contributed by atoms with Crippen molar-refractivity contribution < 1.29 is 17.9 Å².